The molecule has 5 aromatic carbocycles. The van der Waals surface area contributed by atoms with Gasteiger partial charge in [-0.2, -0.15) is 0 Å². The molecule has 0 bridgehead atoms. The number of nitrogens with zero attached hydrogens (tertiary/aromatic N) is 1. The molecule has 0 saturated carbocycles. The number of hydrogen-bond donors (Lipinski definition) is 2. The van der Waals surface area contributed by atoms with Crippen molar-refractivity contribution >= 4 is 28.5 Å². The number of esters is 1. The summed E-state index contributed by atoms with van der Waals surface area (Å²) in [6.07, 6.45) is -0.645. The Kier molecular flexibility index (Phi) is 9.00. The Bertz CT molecular complexity index is 2350. The van der Waals surface area contributed by atoms with Crippen LogP contribution in [0.15, 0.2) is 108 Å². The molecule has 1 heterocycles. The maximum Gasteiger partial charge on any atom is 0.411 e. The molecule has 0 radical (unpaired) electrons. The second-order valence-corrected chi connectivity index (χ2v) is 12.0. The number of phenols is 1. The Morgan fingerprint density at radius 3 is 1.94 bits per heavy atom. The van der Waals surface area contributed by atoms with Crippen molar-refractivity contribution in [3.63, 3.8) is 0 Å². The molecule has 11 nitrogen and oxygen atoms in total. The second kappa shape index (κ2) is 13.9. The first-order valence-corrected chi connectivity index (χ1v) is 16.3. The summed E-state index contributed by atoms with van der Waals surface area (Å²) in [5.74, 6) is -0.0569. The van der Waals surface area contributed by atoms with E-state index in [1.165, 1.54) is 45.1 Å². The molecule has 52 heavy (non-hydrogen) atoms. The molecular formula is C41H34N2O9. The number of amides is 1. The highest BCUT2D eigenvalue weighted by Crippen LogP contribution is 2.45. The van der Waals surface area contributed by atoms with Crippen LogP contribution in [0.2, 0.25) is 0 Å². The smallest absolute Gasteiger partial charge is 0.411 e. The van der Waals surface area contributed by atoms with Crippen LogP contribution in [0, 0.1) is 0 Å². The molecule has 0 atom stereocenters. The van der Waals surface area contributed by atoms with Crippen molar-refractivity contribution in [1.29, 1.82) is 0 Å². The number of aromatic nitrogens is 1. The van der Waals surface area contributed by atoms with Crippen LogP contribution in [-0.2, 0) is 9.47 Å². The third kappa shape index (κ3) is 5.81. The summed E-state index contributed by atoms with van der Waals surface area (Å²) in [7, 11) is 5.64. The predicted octanol–water partition coefficient (Wildman–Crippen LogP) is 7.54. The first-order valence-electron chi connectivity index (χ1n) is 16.3. The number of carbonyl (C=O) groups is 2. The fourth-order valence-electron chi connectivity index (χ4n) is 6.89. The van der Waals surface area contributed by atoms with Gasteiger partial charge in [0.2, 0.25) is 5.75 Å². The third-order valence-electron chi connectivity index (χ3n) is 9.21. The number of carbonyl (C=O) groups excluding carboxylic acids is 2. The van der Waals surface area contributed by atoms with Crippen molar-refractivity contribution in [2.45, 2.75) is 5.92 Å². The van der Waals surface area contributed by atoms with Gasteiger partial charge >= 0.3 is 12.1 Å². The van der Waals surface area contributed by atoms with Crippen LogP contribution in [0.25, 0.3) is 38.7 Å². The zero-order chi connectivity index (χ0) is 36.5. The Labute approximate surface area is 298 Å². The Morgan fingerprint density at radius 2 is 1.37 bits per heavy atom. The largest absolute Gasteiger partial charge is 0.508 e. The summed E-state index contributed by atoms with van der Waals surface area (Å²) in [4.78, 5) is 40.9. The van der Waals surface area contributed by atoms with E-state index >= 15 is 0 Å². The van der Waals surface area contributed by atoms with Gasteiger partial charge in [0.15, 0.2) is 11.5 Å². The van der Waals surface area contributed by atoms with Gasteiger partial charge in [0.1, 0.15) is 18.1 Å². The Hall–Kier alpha value is -6.75. The molecule has 1 aliphatic carbocycles. The standard InChI is InChI=1S/C41H34N2O9/c1-48-34-19-23(20-35(49-2)38(34)50-3)36-31-18-17-26(44)21-32(31)39(45)43(37(36)40(46)51-4)25-15-13-24(14-16-25)42-41(47)52-22-33-29-11-7-5-9-27(29)28-10-6-8-12-30(28)33/h5-21,33,44H,22H2,1-4H3,(H,42,47). The monoisotopic (exact) mass is 698 g/mol. The highest BCUT2D eigenvalue weighted by atomic mass is 16.5. The number of benzene rings is 5. The molecule has 1 aliphatic rings. The number of nitrogens with one attached hydrogen (secondary N) is 1. The number of ether oxygens (including phenoxy) is 5. The molecule has 0 fully saturated rings. The van der Waals surface area contributed by atoms with E-state index in [2.05, 4.69) is 17.4 Å². The molecule has 1 amide bonds. The van der Waals surface area contributed by atoms with Crippen molar-refractivity contribution in [2.24, 2.45) is 0 Å². The van der Waals surface area contributed by atoms with Crippen LogP contribution in [0.4, 0.5) is 10.5 Å². The van der Waals surface area contributed by atoms with Gasteiger partial charge in [-0.1, -0.05) is 48.5 Å². The number of fused-ring (bicyclic) bond motifs is 4. The van der Waals surface area contributed by atoms with Gasteiger partial charge in [-0.3, -0.25) is 14.7 Å². The van der Waals surface area contributed by atoms with Crippen LogP contribution < -0.4 is 25.1 Å². The number of phenolic OH excluding ortho intramolecular Hbond substituents is 1. The minimum absolute atomic E-state index is 0.0859. The Balaban J connectivity index is 1.25. The van der Waals surface area contributed by atoms with Crippen LogP contribution >= 0.6 is 0 Å². The highest BCUT2D eigenvalue weighted by molar-refractivity contribution is 6.08. The maximum absolute atomic E-state index is 14.2. The summed E-state index contributed by atoms with van der Waals surface area (Å²) in [5, 5.41) is 13.7. The summed E-state index contributed by atoms with van der Waals surface area (Å²) in [5.41, 5.74) is 5.25. The molecule has 6 aromatic rings. The molecule has 1 aromatic heterocycles. The normalized spacial score (nSPS) is 11.8. The SMILES string of the molecule is COC(=O)c1c(-c2cc(OC)c(OC)c(OC)c2)c2ccc(O)cc2c(=O)n1-c1ccc(NC(=O)OCC2c3ccccc3-c3ccccc32)cc1. The van der Waals surface area contributed by atoms with E-state index in [4.69, 9.17) is 23.7 Å². The van der Waals surface area contributed by atoms with Crippen molar-refractivity contribution in [3.8, 4) is 50.9 Å². The number of hydrogen-bond acceptors (Lipinski definition) is 9. The number of rotatable bonds is 9. The number of pyridine rings is 1. The van der Waals surface area contributed by atoms with E-state index in [1.807, 2.05) is 36.4 Å². The van der Waals surface area contributed by atoms with Crippen molar-refractivity contribution in [3.05, 3.63) is 130 Å². The third-order valence-corrected chi connectivity index (χ3v) is 9.21. The minimum Gasteiger partial charge on any atom is -0.508 e. The van der Waals surface area contributed by atoms with Gasteiger partial charge in [-0.25, -0.2) is 9.59 Å². The van der Waals surface area contributed by atoms with Gasteiger partial charge in [-0.15, -0.1) is 0 Å². The fraction of sp³-hybridized carbons (Fsp3) is 0.146. The average molecular weight is 699 g/mol. The van der Waals surface area contributed by atoms with Gasteiger partial charge in [0, 0.05) is 22.9 Å². The van der Waals surface area contributed by atoms with Gasteiger partial charge < -0.3 is 28.8 Å². The molecule has 0 aliphatic heterocycles. The number of anilines is 1. The minimum atomic E-state index is -0.795. The summed E-state index contributed by atoms with van der Waals surface area (Å²) < 4.78 is 28.8. The van der Waals surface area contributed by atoms with E-state index in [0.29, 0.717) is 45.1 Å². The van der Waals surface area contributed by atoms with Crippen molar-refractivity contribution < 1.29 is 38.4 Å². The quantitative estimate of drug-likeness (QED) is 0.147. The van der Waals surface area contributed by atoms with E-state index in [0.717, 1.165) is 22.3 Å². The van der Waals surface area contributed by atoms with Crippen molar-refractivity contribution in [1.82, 2.24) is 4.57 Å². The van der Waals surface area contributed by atoms with E-state index in [-0.39, 0.29) is 29.4 Å². The lowest BCUT2D eigenvalue weighted by Gasteiger charge is -2.21. The fourth-order valence-corrected chi connectivity index (χ4v) is 6.89. The van der Waals surface area contributed by atoms with E-state index in [9.17, 15) is 19.5 Å². The summed E-state index contributed by atoms with van der Waals surface area (Å²) >= 11 is 0. The molecular weight excluding hydrogens is 664 g/mol. The topological polar surface area (TPSA) is 135 Å². The molecule has 0 spiro atoms. The molecule has 0 saturated heterocycles. The number of aromatic hydroxyl groups is 1. The van der Waals surface area contributed by atoms with E-state index in [1.54, 1.807) is 42.5 Å². The first kappa shape index (κ1) is 33.7. The van der Waals surface area contributed by atoms with Gasteiger partial charge in [-0.05, 0) is 87.8 Å². The van der Waals surface area contributed by atoms with Gasteiger partial charge in [0.05, 0.1) is 33.8 Å². The second-order valence-electron chi connectivity index (χ2n) is 12.0. The lowest BCUT2D eigenvalue weighted by atomic mass is 9.95. The number of methoxy groups -OCH3 is 4. The molecule has 11 heteroatoms. The zero-order valence-corrected chi connectivity index (χ0v) is 28.8. The maximum atomic E-state index is 14.2. The molecule has 2 N–H and O–H groups in total. The van der Waals surface area contributed by atoms with Crippen LogP contribution in [0.3, 0.4) is 0 Å². The van der Waals surface area contributed by atoms with Gasteiger partial charge in [0.25, 0.3) is 5.56 Å². The predicted molar refractivity (Wildman–Crippen MR) is 196 cm³/mol. The molecule has 7 rings (SSSR count). The van der Waals surface area contributed by atoms with Crippen molar-refractivity contribution in [2.75, 3.05) is 40.4 Å². The van der Waals surface area contributed by atoms with Crippen LogP contribution in [0.5, 0.6) is 23.0 Å². The van der Waals surface area contributed by atoms with E-state index < -0.39 is 17.6 Å². The lowest BCUT2D eigenvalue weighted by Crippen LogP contribution is -2.27. The Morgan fingerprint density at radius 1 is 0.750 bits per heavy atom. The van der Waals surface area contributed by atoms with Crippen LogP contribution in [-0.4, -0.2) is 56.8 Å². The average Bonchev–Trinajstić information content (AvgIpc) is 3.50. The molecule has 0 unspecified atom stereocenters. The summed E-state index contributed by atoms with van der Waals surface area (Å²) in [6.45, 7) is 0.142. The first-order chi connectivity index (χ1) is 25.3. The lowest BCUT2D eigenvalue weighted by molar-refractivity contribution is 0.0591. The summed E-state index contributed by atoms with van der Waals surface area (Å²) in [6, 6.07) is 30.2. The van der Waals surface area contributed by atoms with Crippen LogP contribution in [0.1, 0.15) is 27.5 Å². The highest BCUT2D eigenvalue weighted by Gasteiger charge is 2.30. The molecule has 262 valence electrons. The zero-order valence-electron chi connectivity index (χ0n) is 28.8.